The van der Waals surface area contributed by atoms with E-state index in [-0.39, 0.29) is 13.2 Å². The molecule has 0 bridgehead atoms. The first-order valence-corrected chi connectivity index (χ1v) is 5.02. The molecular formula is C5H11O5P. The largest absolute Gasteiger partial charge is 0.463 e. The molecule has 0 rings (SSSR count). The van der Waals surface area contributed by atoms with Crippen molar-refractivity contribution in [1.82, 2.24) is 0 Å². The Kier molecular flexibility index (Phi) is 4.33. The number of hydrogen-bond acceptors (Lipinski definition) is 4. The van der Waals surface area contributed by atoms with E-state index in [2.05, 4.69) is 9.26 Å². The van der Waals surface area contributed by atoms with Gasteiger partial charge in [-0.15, -0.1) is 0 Å². The Bertz CT molecular complexity index is 172. The second-order valence-corrected chi connectivity index (χ2v) is 3.84. The number of carbonyl (C=O) groups is 1. The van der Waals surface area contributed by atoms with Gasteiger partial charge >= 0.3 is 13.6 Å². The van der Waals surface area contributed by atoms with Gasteiger partial charge in [-0.05, 0) is 0 Å². The number of esters is 1. The van der Waals surface area contributed by atoms with Crippen LogP contribution >= 0.6 is 7.60 Å². The van der Waals surface area contributed by atoms with Gasteiger partial charge in [-0.3, -0.25) is 9.36 Å². The van der Waals surface area contributed by atoms with Crippen molar-refractivity contribution in [3.63, 3.8) is 0 Å². The van der Waals surface area contributed by atoms with Gasteiger partial charge < -0.3 is 14.2 Å². The van der Waals surface area contributed by atoms with Crippen LogP contribution in [0.2, 0.25) is 0 Å². The standard InChI is InChI=1S/C5H11O5P/c1-5(6)9-3-4-10-11(2,7)8/h3-4H2,1-2H3,(H,7,8). The van der Waals surface area contributed by atoms with Crippen molar-refractivity contribution >= 4 is 13.6 Å². The van der Waals surface area contributed by atoms with Gasteiger partial charge in [0.1, 0.15) is 6.61 Å². The van der Waals surface area contributed by atoms with Gasteiger partial charge in [0.05, 0.1) is 6.61 Å². The van der Waals surface area contributed by atoms with E-state index in [1.54, 1.807) is 0 Å². The Hall–Kier alpha value is -0.380. The lowest BCUT2D eigenvalue weighted by atomic mass is 10.7. The van der Waals surface area contributed by atoms with Crippen molar-refractivity contribution < 1.29 is 23.5 Å². The third kappa shape index (κ3) is 9.62. The van der Waals surface area contributed by atoms with Crippen molar-refractivity contribution in [3.05, 3.63) is 0 Å². The van der Waals surface area contributed by atoms with E-state index in [0.717, 1.165) is 6.66 Å². The second kappa shape index (κ2) is 4.49. The van der Waals surface area contributed by atoms with Crippen LogP contribution in [0.4, 0.5) is 0 Å². The molecule has 5 nitrogen and oxygen atoms in total. The molecule has 0 aromatic heterocycles. The van der Waals surface area contributed by atoms with Crippen molar-refractivity contribution in [2.24, 2.45) is 0 Å². The third-order valence-electron chi connectivity index (χ3n) is 0.719. The number of rotatable bonds is 4. The quantitative estimate of drug-likeness (QED) is 0.386. The fourth-order valence-electron chi connectivity index (χ4n) is 0.392. The summed E-state index contributed by atoms with van der Waals surface area (Å²) in [5.74, 6) is -0.433. The molecule has 0 aromatic carbocycles. The molecule has 0 heterocycles. The van der Waals surface area contributed by atoms with Crippen LogP contribution in [0, 0.1) is 0 Å². The highest BCUT2D eigenvalue weighted by molar-refractivity contribution is 7.51. The Morgan fingerprint density at radius 3 is 2.45 bits per heavy atom. The first-order chi connectivity index (χ1) is 4.92. The zero-order valence-corrected chi connectivity index (χ0v) is 7.34. The molecule has 1 atom stereocenters. The van der Waals surface area contributed by atoms with Gasteiger partial charge in [-0.1, -0.05) is 0 Å². The molecule has 0 aromatic rings. The lowest BCUT2D eigenvalue weighted by molar-refractivity contribution is -0.141. The maximum absolute atomic E-state index is 10.5. The van der Waals surface area contributed by atoms with Crippen LogP contribution in [0.5, 0.6) is 0 Å². The molecule has 0 amide bonds. The van der Waals surface area contributed by atoms with E-state index in [0.29, 0.717) is 0 Å². The van der Waals surface area contributed by atoms with E-state index >= 15 is 0 Å². The molecule has 0 aliphatic carbocycles. The first kappa shape index (κ1) is 10.6. The van der Waals surface area contributed by atoms with Crippen molar-refractivity contribution in [1.29, 1.82) is 0 Å². The Morgan fingerprint density at radius 2 is 2.09 bits per heavy atom. The lowest BCUT2D eigenvalue weighted by Gasteiger charge is -2.05. The summed E-state index contributed by atoms with van der Waals surface area (Å²) in [6.45, 7) is 2.28. The Labute approximate surface area is 64.8 Å². The topological polar surface area (TPSA) is 72.8 Å². The summed E-state index contributed by atoms with van der Waals surface area (Å²) >= 11 is 0. The second-order valence-electron chi connectivity index (χ2n) is 1.98. The smallest absolute Gasteiger partial charge is 0.325 e. The molecule has 0 fully saturated rings. The third-order valence-corrected chi connectivity index (χ3v) is 1.38. The van der Waals surface area contributed by atoms with Crippen molar-refractivity contribution in [2.45, 2.75) is 6.92 Å². The molecule has 66 valence electrons. The summed E-state index contributed by atoms with van der Waals surface area (Å²) < 4.78 is 19.3. The van der Waals surface area contributed by atoms with E-state index in [1.807, 2.05) is 0 Å². The highest BCUT2D eigenvalue weighted by atomic mass is 31.2. The average molecular weight is 182 g/mol. The Balaban J connectivity index is 3.29. The summed E-state index contributed by atoms with van der Waals surface area (Å²) in [4.78, 5) is 18.7. The molecule has 0 aliphatic heterocycles. The number of hydrogen-bond donors (Lipinski definition) is 1. The molecule has 1 unspecified atom stereocenters. The predicted molar refractivity (Wildman–Crippen MR) is 38.3 cm³/mol. The maximum Gasteiger partial charge on any atom is 0.325 e. The summed E-state index contributed by atoms with van der Waals surface area (Å²) in [7, 11) is -3.42. The molecule has 0 saturated carbocycles. The molecule has 0 spiro atoms. The van der Waals surface area contributed by atoms with Crippen LogP contribution in [0.15, 0.2) is 0 Å². The van der Waals surface area contributed by atoms with Gasteiger partial charge in [0.15, 0.2) is 0 Å². The molecule has 0 radical (unpaired) electrons. The monoisotopic (exact) mass is 182 g/mol. The minimum absolute atomic E-state index is 0.00766. The SMILES string of the molecule is CC(=O)OCCOP(C)(=O)O. The highest BCUT2D eigenvalue weighted by Gasteiger charge is 2.08. The lowest BCUT2D eigenvalue weighted by Crippen LogP contribution is -2.06. The van der Waals surface area contributed by atoms with E-state index in [1.165, 1.54) is 6.92 Å². The van der Waals surface area contributed by atoms with Crippen molar-refractivity contribution in [3.8, 4) is 0 Å². The summed E-state index contributed by atoms with van der Waals surface area (Å²) in [5, 5.41) is 0. The van der Waals surface area contributed by atoms with Crippen LogP contribution < -0.4 is 0 Å². The zero-order valence-electron chi connectivity index (χ0n) is 6.44. The molecule has 11 heavy (non-hydrogen) atoms. The average Bonchev–Trinajstić information content (AvgIpc) is 1.78. The minimum Gasteiger partial charge on any atom is -0.463 e. The van der Waals surface area contributed by atoms with E-state index in [9.17, 15) is 9.36 Å². The summed E-state index contributed by atoms with van der Waals surface area (Å²) in [6, 6.07) is 0. The van der Waals surface area contributed by atoms with Gasteiger partial charge in [0.25, 0.3) is 0 Å². The predicted octanol–water partition coefficient (Wildman–Crippen LogP) is 0.381. The Morgan fingerprint density at radius 1 is 1.55 bits per heavy atom. The number of carbonyl (C=O) groups excluding carboxylic acids is 1. The fourth-order valence-corrected chi connectivity index (χ4v) is 0.805. The molecule has 0 aliphatic rings. The minimum atomic E-state index is -3.42. The first-order valence-electron chi connectivity index (χ1n) is 3.00. The highest BCUT2D eigenvalue weighted by Crippen LogP contribution is 2.35. The molecule has 1 N–H and O–H groups in total. The van der Waals surface area contributed by atoms with E-state index in [4.69, 9.17) is 4.89 Å². The van der Waals surface area contributed by atoms with Crippen LogP contribution in [-0.2, 0) is 18.6 Å². The number of ether oxygens (including phenoxy) is 1. The molecule has 0 saturated heterocycles. The van der Waals surface area contributed by atoms with Crippen molar-refractivity contribution in [2.75, 3.05) is 19.9 Å². The summed E-state index contributed by atoms with van der Waals surface area (Å²) in [5.41, 5.74) is 0. The maximum atomic E-state index is 10.5. The molecular weight excluding hydrogens is 171 g/mol. The van der Waals surface area contributed by atoms with Crippen LogP contribution in [0.1, 0.15) is 6.92 Å². The van der Waals surface area contributed by atoms with Crippen LogP contribution in [0.3, 0.4) is 0 Å². The van der Waals surface area contributed by atoms with Gasteiger partial charge in [-0.25, -0.2) is 0 Å². The van der Waals surface area contributed by atoms with Crippen LogP contribution in [0.25, 0.3) is 0 Å². The fraction of sp³-hybridized carbons (Fsp3) is 0.800. The summed E-state index contributed by atoms with van der Waals surface area (Å²) in [6.07, 6.45) is 0. The normalized spacial score (nSPS) is 15.5. The van der Waals surface area contributed by atoms with Gasteiger partial charge in [-0.2, -0.15) is 0 Å². The van der Waals surface area contributed by atoms with Gasteiger partial charge in [0.2, 0.25) is 0 Å². The molecule has 6 heteroatoms. The zero-order chi connectivity index (χ0) is 8.91. The van der Waals surface area contributed by atoms with Crippen LogP contribution in [-0.4, -0.2) is 30.7 Å². The van der Waals surface area contributed by atoms with E-state index < -0.39 is 13.6 Å². The van der Waals surface area contributed by atoms with Gasteiger partial charge in [0, 0.05) is 13.6 Å².